The number of nitrogens with zero attached hydrogens (tertiary/aromatic N) is 1. The summed E-state index contributed by atoms with van der Waals surface area (Å²) in [6, 6.07) is 14.5. The van der Waals surface area contributed by atoms with Gasteiger partial charge in [0.15, 0.2) is 6.10 Å². The number of nitrogens with one attached hydrogen (secondary N) is 3. The van der Waals surface area contributed by atoms with Gasteiger partial charge in [0.2, 0.25) is 17.7 Å². The third kappa shape index (κ3) is 10.4. The Balaban J connectivity index is 1.74. The van der Waals surface area contributed by atoms with E-state index in [1.54, 1.807) is 54.6 Å². The SMILES string of the molecule is CCCCNC(=O)[C@@H]1CCCN1C(=O)C(O)[C@H](Cc1ccccc1)NC(=O)[C@H](CC(N)=O)NC(=O)OCc1ccccc1. The molecule has 0 bridgehead atoms. The molecule has 232 valence electrons. The van der Waals surface area contributed by atoms with Gasteiger partial charge in [-0.3, -0.25) is 19.2 Å². The number of carbonyl (C=O) groups is 5. The molecule has 2 aromatic carbocycles. The zero-order chi connectivity index (χ0) is 31.2. The molecule has 0 aliphatic carbocycles. The maximum Gasteiger partial charge on any atom is 0.408 e. The summed E-state index contributed by atoms with van der Waals surface area (Å²) in [5.41, 5.74) is 6.78. The predicted molar refractivity (Wildman–Crippen MR) is 158 cm³/mol. The number of ether oxygens (including phenoxy) is 1. The Morgan fingerprint density at radius 1 is 1.00 bits per heavy atom. The third-order valence-corrected chi connectivity index (χ3v) is 7.15. The minimum atomic E-state index is -1.72. The average Bonchev–Trinajstić information content (AvgIpc) is 3.50. The van der Waals surface area contributed by atoms with Crippen molar-refractivity contribution in [2.75, 3.05) is 13.1 Å². The molecule has 43 heavy (non-hydrogen) atoms. The molecule has 1 fully saturated rings. The predicted octanol–water partition coefficient (Wildman–Crippen LogP) is 1.15. The molecule has 1 unspecified atom stereocenters. The lowest BCUT2D eigenvalue weighted by Crippen LogP contribution is -2.58. The second-order valence-electron chi connectivity index (χ2n) is 10.5. The zero-order valence-corrected chi connectivity index (χ0v) is 24.4. The number of hydrogen-bond acceptors (Lipinski definition) is 7. The first-order chi connectivity index (χ1) is 20.7. The molecular weight excluding hydrogens is 554 g/mol. The van der Waals surface area contributed by atoms with Gasteiger partial charge in [-0.25, -0.2) is 4.79 Å². The number of benzene rings is 2. The van der Waals surface area contributed by atoms with Crippen LogP contribution >= 0.6 is 0 Å². The van der Waals surface area contributed by atoms with Crippen LogP contribution in [0.2, 0.25) is 0 Å². The maximum atomic E-state index is 13.5. The Morgan fingerprint density at radius 3 is 2.28 bits per heavy atom. The lowest BCUT2D eigenvalue weighted by Gasteiger charge is -2.31. The topological polar surface area (TPSA) is 180 Å². The highest BCUT2D eigenvalue weighted by atomic mass is 16.5. The number of aliphatic hydroxyl groups excluding tert-OH is 1. The van der Waals surface area contributed by atoms with E-state index in [-0.39, 0.29) is 25.5 Å². The molecular formula is C31H41N5O7. The van der Waals surface area contributed by atoms with E-state index in [0.29, 0.717) is 19.4 Å². The van der Waals surface area contributed by atoms with Crippen molar-refractivity contribution in [3.05, 3.63) is 71.8 Å². The fourth-order valence-electron chi connectivity index (χ4n) is 4.86. The summed E-state index contributed by atoms with van der Waals surface area (Å²) in [4.78, 5) is 65.3. The van der Waals surface area contributed by atoms with Crippen molar-refractivity contribution >= 4 is 29.7 Å². The summed E-state index contributed by atoms with van der Waals surface area (Å²) < 4.78 is 5.18. The number of primary amides is 1. The second-order valence-corrected chi connectivity index (χ2v) is 10.5. The second kappa shape index (κ2) is 16.9. The molecule has 12 nitrogen and oxygen atoms in total. The van der Waals surface area contributed by atoms with Crippen LogP contribution in [0.3, 0.4) is 0 Å². The van der Waals surface area contributed by atoms with Gasteiger partial charge in [0.25, 0.3) is 5.91 Å². The highest BCUT2D eigenvalue weighted by molar-refractivity contribution is 5.92. The zero-order valence-electron chi connectivity index (χ0n) is 24.4. The molecule has 1 heterocycles. The van der Waals surface area contributed by atoms with Gasteiger partial charge in [-0.2, -0.15) is 0 Å². The third-order valence-electron chi connectivity index (χ3n) is 7.15. The standard InChI is InChI=1S/C31H41N5O7/c1-2-3-16-33-29(40)25-15-10-17-36(25)30(41)27(38)23(18-21-11-6-4-7-12-21)34-28(39)24(19-26(32)37)35-31(42)43-20-22-13-8-5-9-14-22/h4-9,11-14,23-25,27,38H,2-3,10,15-20H2,1H3,(H2,32,37)(H,33,40)(H,34,39)(H,35,42)/t23-,24-,25-,27?/m0/s1. The molecule has 4 atom stereocenters. The van der Waals surface area contributed by atoms with Gasteiger partial charge in [-0.1, -0.05) is 74.0 Å². The molecule has 1 aliphatic rings. The van der Waals surface area contributed by atoms with Crippen LogP contribution in [0, 0.1) is 0 Å². The lowest BCUT2D eigenvalue weighted by molar-refractivity contribution is -0.147. The molecule has 6 N–H and O–H groups in total. The van der Waals surface area contributed by atoms with Crippen LogP contribution < -0.4 is 21.7 Å². The van der Waals surface area contributed by atoms with Crippen molar-refractivity contribution < 1.29 is 33.8 Å². The van der Waals surface area contributed by atoms with Crippen molar-refractivity contribution in [2.45, 2.75) is 76.3 Å². The van der Waals surface area contributed by atoms with Gasteiger partial charge in [0.1, 0.15) is 18.7 Å². The number of amides is 5. The van der Waals surface area contributed by atoms with Gasteiger partial charge >= 0.3 is 6.09 Å². The monoisotopic (exact) mass is 595 g/mol. The smallest absolute Gasteiger partial charge is 0.408 e. The molecule has 2 aromatic rings. The number of rotatable bonds is 15. The highest BCUT2D eigenvalue weighted by Gasteiger charge is 2.40. The number of alkyl carbamates (subject to hydrolysis) is 1. The van der Waals surface area contributed by atoms with Gasteiger partial charge in [-0.15, -0.1) is 0 Å². The molecule has 1 aliphatic heterocycles. The lowest BCUT2D eigenvalue weighted by atomic mass is 9.99. The van der Waals surface area contributed by atoms with Crippen LogP contribution in [0.4, 0.5) is 4.79 Å². The fraction of sp³-hybridized carbons (Fsp3) is 0.452. The highest BCUT2D eigenvalue weighted by Crippen LogP contribution is 2.20. The maximum absolute atomic E-state index is 13.5. The number of unbranched alkanes of at least 4 members (excludes halogenated alkanes) is 1. The summed E-state index contributed by atoms with van der Waals surface area (Å²) in [5, 5.41) is 19.1. The Morgan fingerprint density at radius 2 is 1.65 bits per heavy atom. The largest absolute Gasteiger partial charge is 0.445 e. The van der Waals surface area contributed by atoms with Crippen molar-refractivity contribution in [1.82, 2.24) is 20.9 Å². The molecule has 0 spiro atoms. The van der Waals surface area contributed by atoms with E-state index in [9.17, 15) is 29.1 Å². The summed E-state index contributed by atoms with van der Waals surface area (Å²) in [5.74, 6) is -2.67. The van der Waals surface area contributed by atoms with Crippen LogP contribution in [0.25, 0.3) is 0 Å². The van der Waals surface area contributed by atoms with E-state index >= 15 is 0 Å². The molecule has 5 amide bonds. The summed E-state index contributed by atoms with van der Waals surface area (Å²) >= 11 is 0. The Bertz CT molecular complexity index is 1230. The van der Waals surface area contributed by atoms with Crippen molar-refractivity contribution in [3.63, 3.8) is 0 Å². The minimum Gasteiger partial charge on any atom is -0.445 e. The van der Waals surface area contributed by atoms with Crippen LogP contribution in [0.15, 0.2) is 60.7 Å². The number of likely N-dealkylation sites (tertiary alicyclic amines) is 1. The number of hydrogen-bond donors (Lipinski definition) is 5. The van der Waals surface area contributed by atoms with Crippen LogP contribution in [-0.2, 0) is 36.9 Å². The molecule has 0 saturated carbocycles. The van der Waals surface area contributed by atoms with Crippen LogP contribution in [0.1, 0.15) is 50.2 Å². The van der Waals surface area contributed by atoms with E-state index in [1.807, 2.05) is 13.0 Å². The fourth-order valence-corrected chi connectivity index (χ4v) is 4.86. The summed E-state index contributed by atoms with van der Waals surface area (Å²) in [6.45, 7) is 2.72. The minimum absolute atomic E-state index is 0.0580. The van der Waals surface area contributed by atoms with Gasteiger partial charge < -0.3 is 36.4 Å². The van der Waals surface area contributed by atoms with Crippen molar-refractivity contribution in [2.24, 2.45) is 5.73 Å². The molecule has 3 rings (SSSR count). The van der Waals surface area contributed by atoms with Gasteiger partial charge in [-0.05, 0) is 36.8 Å². The molecule has 0 aromatic heterocycles. The Labute approximate surface area is 251 Å². The van der Waals surface area contributed by atoms with E-state index < -0.39 is 54.5 Å². The Kier molecular flexibility index (Phi) is 13.0. The van der Waals surface area contributed by atoms with Crippen molar-refractivity contribution in [3.8, 4) is 0 Å². The van der Waals surface area contributed by atoms with Gasteiger partial charge in [0, 0.05) is 13.1 Å². The van der Waals surface area contributed by atoms with Crippen LogP contribution in [0.5, 0.6) is 0 Å². The summed E-state index contributed by atoms with van der Waals surface area (Å²) in [6.07, 6.45) is -0.382. The number of aliphatic hydroxyl groups is 1. The average molecular weight is 596 g/mol. The van der Waals surface area contributed by atoms with Gasteiger partial charge in [0.05, 0.1) is 12.5 Å². The first-order valence-corrected chi connectivity index (χ1v) is 14.6. The van der Waals surface area contributed by atoms with E-state index in [1.165, 1.54) is 4.90 Å². The first-order valence-electron chi connectivity index (χ1n) is 14.6. The summed E-state index contributed by atoms with van der Waals surface area (Å²) in [7, 11) is 0. The molecule has 12 heteroatoms. The Hall–Kier alpha value is -4.45. The molecule has 0 radical (unpaired) electrons. The first kappa shape index (κ1) is 33.1. The van der Waals surface area contributed by atoms with E-state index in [4.69, 9.17) is 10.5 Å². The van der Waals surface area contributed by atoms with E-state index in [0.717, 1.165) is 24.0 Å². The normalized spacial score (nSPS) is 16.4. The van der Waals surface area contributed by atoms with E-state index in [2.05, 4.69) is 16.0 Å². The van der Waals surface area contributed by atoms with Crippen LogP contribution in [-0.4, -0.2) is 77.0 Å². The quantitative estimate of drug-likeness (QED) is 0.192. The number of nitrogens with two attached hydrogens (primary N) is 1. The van der Waals surface area contributed by atoms with Crippen molar-refractivity contribution in [1.29, 1.82) is 0 Å². The molecule has 1 saturated heterocycles. The number of carbonyl (C=O) groups excluding carboxylic acids is 5.